The molecule has 80 valence electrons. The van der Waals surface area contributed by atoms with Gasteiger partial charge in [-0.1, -0.05) is 48.6 Å². The standard InChI is InChI=1S/C13H13N2P/c14-13-8-6-11-10-4-2-1-3-9(10)5-7-12(11)16(13)15/h1-8,13H,14-15H2. The van der Waals surface area contributed by atoms with Crippen LogP contribution in [0.5, 0.6) is 0 Å². The summed E-state index contributed by atoms with van der Waals surface area (Å²) in [6.07, 6.45) is 4.12. The van der Waals surface area contributed by atoms with Gasteiger partial charge in [0, 0.05) is 8.07 Å². The molecule has 1 heterocycles. The van der Waals surface area contributed by atoms with Crippen molar-refractivity contribution in [1.29, 1.82) is 0 Å². The van der Waals surface area contributed by atoms with Gasteiger partial charge in [-0.3, -0.25) is 0 Å². The Labute approximate surface area is 95.7 Å². The Bertz CT molecular complexity index is 577. The fourth-order valence-corrected chi connectivity index (χ4v) is 3.45. The van der Waals surface area contributed by atoms with Crippen LogP contribution < -0.4 is 16.5 Å². The van der Waals surface area contributed by atoms with Crippen molar-refractivity contribution >= 4 is 30.2 Å². The second-order valence-electron chi connectivity index (χ2n) is 3.98. The first-order valence-electron chi connectivity index (χ1n) is 5.27. The summed E-state index contributed by atoms with van der Waals surface area (Å²) in [5, 5.41) is 3.73. The van der Waals surface area contributed by atoms with Crippen molar-refractivity contribution in [2.45, 2.75) is 5.78 Å². The summed E-state index contributed by atoms with van der Waals surface area (Å²) in [6.45, 7) is 0. The van der Waals surface area contributed by atoms with Crippen LogP contribution in [0.25, 0.3) is 16.8 Å². The largest absolute Gasteiger partial charge is 0.320 e. The fraction of sp³-hybridized carbons (Fsp3) is 0.0769. The highest BCUT2D eigenvalue weighted by molar-refractivity contribution is 7.64. The quantitative estimate of drug-likeness (QED) is 0.679. The zero-order valence-corrected chi connectivity index (χ0v) is 9.69. The Morgan fingerprint density at radius 3 is 2.75 bits per heavy atom. The molecule has 0 saturated heterocycles. The highest BCUT2D eigenvalue weighted by atomic mass is 31.1. The van der Waals surface area contributed by atoms with E-state index in [9.17, 15) is 0 Å². The van der Waals surface area contributed by atoms with Gasteiger partial charge >= 0.3 is 0 Å². The summed E-state index contributed by atoms with van der Waals surface area (Å²) in [5.41, 5.74) is 13.4. The van der Waals surface area contributed by atoms with Gasteiger partial charge < -0.3 is 11.2 Å². The Balaban J connectivity index is 2.34. The van der Waals surface area contributed by atoms with Gasteiger partial charge in [0.05, 0.1) is 5.78 Å². The molecule has 0 amide bonds. The summed E-state index contributed by atoms with van der Waals surface area (Å²) in [7, 11) is -0.751. The van der Waals surface area contributed by atoms with Crippen molar-refractivity contribution in [2.24, 2.45) is 11.2 Å². The van der Waals surface area contributed by atoms with E-state index in [4.69, 9.17) is 11.2 Å². The van der Waals surface area contributed by atoms with E-state index >= 15 is 0 Å². The fourth-order valence-electron chi connectivity index (χ4n) is 2.13. The molecule has 0 aliphatic carbocycles. The Kier molecular flexibility index (Phi) is 2.29. The second-order valence-corrected chi connectivity index (χ2v) is 5.87. The molecule has 16 heavy (non-hydrogen) atoms. The Hall–Kier alpha value is -1.21. The van der Waals surface area contributed by atoms with E-state index in [0.717, 1.165) is 0 Å². The number of benzene rings is 2. The van der Waals surface area contributed by atoms with Gasteiger partial charge in [0.25, 0.3) is 0 Å². The highest BCUT2D eigenvalue weighted by Crippen LogP contribution is 2.37. The smallest absolute Gasteiger partial charge is 0.0606 e. The van der Waals surface area contributed by atoms with Crippen LogP contribution in [0, 0.1) is 0 Å². The molecule has 2 unspecified atom stereocenters. The monoisotopic (exact) mass is 228 g/mol. The van der Waals surface area contributed by atoms with Crippen LogP contribution in [-0.2, 0) is 0 Å². The average Bonchev–Trinajstić information content (AvgIpc) is 2.33. The van der Waals surface area contributed by atoms with Gasteiger partial charge in [-0.2, -0.15) is 0 Å². The zero-order valence-electron chi connectivity index (χ0n) is 8.80. The lowest BCUT2D eigenvalue weighted by molar-refractivity contribution is 1.14. The van der Waals surface area contributed by atoms with Crippen molar-refractivity contribution in [2.75, 3.05) is 0 Å². The molecule has 0 fully saturated rings. The van der Waals surface area contributed by atoms with Gasteiger partial charge in [0.15, 0.2) is 0 Å². The third-order valence-electron chi connectivity index (χ3n) is 3.01. The average molecular weight is 228 g/mol. The van der Waals surface area contributed by atoms with E-state index in [1.165, 1.54) is 21.6 Å². The van der Waals surface area contributed by atoms with Crippen LogP contribution >= 0.6 is 8.07 Å². The van der Waals surface area contributed by atoms with Gasteiger partial charge in [-0.25, -0.2) is 0 Å². The van der Waals surface area contributed by atoms with Crippen LogP contribution in [-0.4, -0.2) is 5.78 Å². The molecule has 2 aromatic rings. The zero-order chi connectivity index (χ0) is 11.1. The lowest BCUT2D eigenvalue weighted by Crippen LogP contribution is -2.28. The predicted molar refractivity (Wildman–Crippen MR) is 71.7 cm³/mol. The summed E-state index contributed by atoms with van der Waals surface area (Å²) >= 11 is 0. The molecule has 0 spiro atoms. The molecule has 2 aromatic carbocycles. The summed E-state index contributed by atoms with van der Waals surface area (Å²) in [4.78, 5) is 0. The number of nitrogens with two attached hydrogens (primary N) is 2. The van der Waals surface area contributed by atoms with E-state index < -0.39 is 8.07 Å². The van der Waals surface area contributed by atoms with Crippen LogP contribution in [0.4, 0.5) is 0 Å². The molecule has 4 N–H and O–H groups in total. The first-order chi connectivity index (χ1) is 7.77. The maximum atomic E-state index is 6.17. The molecule has 3 rings (SSSR count). The van der Waals surface area contributed by atoms with E-state index in [0.29, 0.717) is 0 Å². The third-order valence-corrected chi connectivity index (χ3v) is 4.77. The van der Waals surface area contributed by atoms with Gasteiger partial charge in [-0.05, 0) is 21.6 Å². The molecule has 0 bridgehead atoms. The van der Waals surface area contributed by atoms with Crippen molar-refractivity contribution in [3.05, 3.63) is 48.0 Å². The summed E-state index contributed by atoms with van der Waals surface area (Å²) < 4.78 is 0. The van der Waals surface area contributed by atoms with Crippen molar-refractivity contribution in [1.82, 2.24) is 0 Å². The lowest BCUT2D eigenvalue weighted by Gasteiger charge is -2.24. The predicted octanol–water partition coefficient (Wildman–Crippen LogP) is 2.13. The number of fused-ring (bicyclic) bond motifs is 3. The molecular formula is C13H13N2P. The molecule has 2 atom stereocenters. The van der Waals surface area contributed by atoms with Gasteiger partial charge in [0.2, 0.25) is 0 Å². The molecule has 3 heteroatoms. The van der Waals surface area contributed by atoms with Crippen molar-refractivity contribution in [3.63, 3.8) is 0 Å². The number of hydrogen-bond acceptors (Lipinski definition) is 2. The minimum atomic E-state index is -0.751. The van der Waals surface area contributed by atoms with E-state index in [2.05, 4.69) is 42.5 Å². The Morgan fingerprint density at radius 1 is 1.06 bits per heavy atom. The van der Waals surface area contributed by atoms with Crippen molar-refractivity contribution in [3.8, 4) is 0 Å². The lowest BCUT2D eigenvalue weighted by atomic mass is 10.0. The molecule has 0 radical (unpaired) electrons. The van der Waals surface area contributed by atoms with Crippen LogP contribution in [0.1, 0.15) is 5.56 Å². The molecule has 1 aliphatic rings. The molecular weight excluding hydrogens is 215 g/mol. The number of hydrogen-bond donors (Lipinski definition) is 2. The molecule has 1 aliphatic heterocycles. The summed E-state index contributed by atoms with van der Waals surface area (Å²) in [5.74, 6) is -0.0105. The minimum Gasteiger partial charge on any atom is -0.320 e. The molecule has 2 nitrogen and oxygen atoms in total. The van der Waals surface area contributed by atoms with E-state index in [1.807, 2.05) is 6.08 Å². The van der Waals surface area contributed by atoms with Crippen LogP contribution in [0.2, 0.25) is 0 Å². The molecule has 0 saturated carbocycles. The van der Waals surface area contributed by atoms with Crippen LogP contribution in [0.15, 0.2) is 42.5 Å². The first-order valence-corrected chi connectivity index (χ1v) is 6.75. The second kappa shape index (κ2) is 3.67. The van der Waals surface area contributed by atoms with Crippen LogP contribution in [0.3, 0.4) is 0 Å². The maximum Gasteiger partial charge on any atom is 0.0606 e. The topological polar surface area (TPSA) is 52.0 Å². The summed E-state index contributed by atoms with van der Waals surface area (Å²) in [6, 6.07) is 12.6. The molecule has 0 aromatic heterocycles. The highest BCUT2D eigenvalue weighted by Gasteiger charge is 2.20. The van der Waals surface area contributed by atoms with E-state index in [1.54, 1.807) is 0 Å². The SMILES string of the molecule is NC1C=Cc2c(ccc3ccccc23)P1N. The minimum absolute atomic E-state index is 0.0105. The Morgan fingerprint density at radius 2 is 1.88 bits per heavy atom. The normalized spacial score (nSPS) is 23.4. The third kappa shape index (κ3) is 1.39. The number of rotatable bonds is 0. The van der Waals surface area contributed by atoms with Crippen molar-refractivity contribution < 1.29 is 0 Å². The maximum absolute atomic E-state index is 6.17. The van der Waals surface area contributed by atoms with E-state index in [-0.39, 0.29) is 5.78 Å². The van der Waals surface area contributed by atoms with Gasteiger partial charge in [-0.15, -0.1) is 0 Å². The van der Waals surface area contributed by atoms with Gasteiger partial charge in [0.1, 0.15) is 0 Å². The first kappa shape index (κ1) is 9.98.